The first-order chi connectivity index (χ1) is 10.1. The number of benzene rings is 1. The van der Waals surface area contributed by atoms with Crippen LogP contribution in [0.25, 0.3) is 0 Å². The van der Waals surface area contributed by atoms with Gasteiger partial charge in [0, 0.05) is 16.9 Å². The predicted molar refractivity (Wildman–Crippen MR) is 89.4 cm³/mol. The van der Waals surface area contributed by atoms with Crippen LogP contribution in [0.4, 0.5) is 0 Å². The summed E-state index contributed by atoms with van der Waals surface area (Å²) < 4.78 is 0. The Balaban J connectivity index is 2.49. The molecule has 1 unspecified atom stereocenters. The molecule has 0 aliphatic heterocycles. The number of Topliss-reactive ketones (excluding diaryl/α,β-unsaturated/α-hetero) is 1. The summed E-state index contributed by atoms with van der Waals surface area (Å²) in [5.41, 5.74) is 3.62. The van der Waals surface area contributed by atoms with Crippen molar-refractivity contribution in [3.05, 3.63) is 59.2 Å². The van der Waals surface area contributed by atoms with Gasteiger partial charge in [-0.3, -0.25) is 4.79 Å². The minimum atomic E-state index is -0.0338. The monoisotopic (exact) mass is 282 g/mol. The molecule has 0 bridgehead atoms. The molecule has 1 nitrogen and oxygen atoms in total. The van der Waals surface area contributed by atoms with Crippen LogP contribution in [0.2, 0.25) is 0 Å². The maximum absolute atomic E-state index is 13.0. The zero-order valence-corrected chi connectivity index (χ0v) is 13.6. The Labute approximate surface area is 128 Å². The van der Waals surface area contributed by atoms with Crippen LogP contribution in [-0.2, 0) is 0 Å². The van der Waals surface area contributed by atoms with E-state index < -0.39 is 0 Å². The van der Waals surface area contributed by atoms with E-state index in [9.17, 15) is 4.79 Å². The van der Waals surface area contributed by atoms with Crippen LogP contribution in [-0.4, -0.2) is 5.78 Å². The second kappa shape index (κ2) is 6.43. The Bertz CT molecular complexity index is 559. The molecule has 0 heterocycles. The molecule has 0 radical (unpaired) electrons. The molecule has 0 amide bonds. The molecule has 0 N–H and O–H groups in total. The van der Waals surface area contributed by atoms with Gasteiger partial charge in [-0.2, -0.15) is 0 Å². The number of rotatable bonds is 5. The maximum Gasteiger partial charge on any atom is 0.170 e. The van der Waals surface area contributed by atoms with Crippen LogP contribution in [0.15, 0.2) is 53.6 Å². The second-order valence-electron chi connectivity index (χ2n) is 5.95. The van der Waals surface area contributed by atoms with Crippen molar-refractivity contribution in [2.45, 2.75) is 47.0 Å². The molecule has 1 atom stereocenters. The van der Waals surface area contributed by atoms with Gasteiger partial charge in [-0.05, 0) is 26.2 Å². The van der Waals surface area contributed by atoms with E-state index in [0.29, 0.717) is 0 Å². The summed E-state index contributed by atoms with van der Waals surface area (Å²) in [4.78, 5) is 13.0. The van der Waals surface area contributed by atoms with Gasteiger partial charge in [0.25, 0.3) is 0 Å². The molecule has 0 aromatic heterocycles. The fourth-order valence-electron chi connectivity index (χ4n) is 3.97. The zero-order chi connectivity index (χ0) is 15.5. The lowest BCUT2D eigenvalue weighted by molar-refractivity contribution is 0.0834. The minimum Gasteiger partial charge on any atom is -0.293 e. The average Bonchev–Trinajstić information content (AvgIpc) is 2.54. The molecule has 0 saturated carbocycles. The molecule has 1 aliphatic rings. The van der Waals surface area contributed by atoms with Gasteiger partial charge in [-0.1, -0.05) is 74.4 Å². The molecule has 1 aromatic carbocycles. The number of carbonyl (C=O) groups excluding carboxylic acids is 1. The Hall–Kier alpha value is -1.63. The number of allylic oxidation sites excluding steroid dienone is 4. The normalized spacial score (nSPS) is 20.7. The van der Waals surface area contributed by atoms with E-state index in [1.807, 2.05) is 30.3 Å². The fourth-order valence-corrected chi connectivity index (χ4v) is 3.97. The first kappa shape index (κ1) is 15.8. The van der Waals surface area contributed by atoms with Crippen LogP contribution in [0, 0.1) is 11.3 Å². The SMILES string of the molecule is CCC1=C(C)C=CC(C(=O)c2ccccc2)C1(CC)CC. The van der Waals surface area contributed by atoms with E-state index in [-0.39, 0.29) is 17.1 Å². The summed E-state index contributed by atoms with van der Waals surface area (Å²) in [5.74, 6) is 0.225. The third-order valence-electron chi connectivity index (χ3n) is 5.17. The molecular weight excluding hydrogens is 256 g/mol. The van der Waals surface area contributed by atoms with E-state index in [1.165, 1.54) is 11.1 Å². The van der Waals surface area contributed by atoms with Gasteiger partial charge in [0.2, 0.25) is 0 Å². The van der Waals surface area contributed by atoms with E-state index in [2.05, 4.69) is 39.8 Å². The summed E-state index contributed by atoms with van der Waals surface area (Å²) in [7, 11) is 0. The Morgan fingerprint density at radius 2 is 1.71 bits per heavy atom. The van der Waals surface area contributed by atoms with E-state index in [4.69, 9.17) is 0 Å². The lowest BCUT2D eigenvalue weighted by atomic mass is 9.60. The van der Waals surface area contributed by atoms with Gasteiger partial charge in [0.15, 0.2) is 5.78 Å². The van der Waals surface area contributed by atoms with Crippen molar-refractivity contribution in [2.24, 2.45) is 11.3 Å². The van der Waals surface area contributed by atoms with Crippen molar-refractivity contribution in [3.63, 3.8) is 0 Å². The highest BCUT2D eigenvalue weighted by Gasteiger charge is 2.43. The fraction of sp³-hybridized carbons (Fsp3) is 0.450. The molecule has 21 heavy (non-hydrogen) atoms. The molecule has 1 aliphatic carbocycles. The topological polar surface area (TPSA) is 17.1 Å². The smallest absolute Gasteiger partial charge is 0.170 e. The summed E-state index contributed by atoms with van der Waals surface area (Å²) in [6.07, 6.45) is 7.33. The molecule has 112 valence electrons. The summed E-state index contributed by atoms with van der Waals surface area (Å²) in [5, 5.41) is 0. The van der Waals surface area contributed by atoms with E-state index in [0.717, 1.165) is 24.8 Å². The number of ketones is 1. The van der Waals surface area contributed by atoms with Gasteiger partial charge in [-0.15, -0.1) is 0 Å². The van der Waals surface area contributed by atoms with Gasteiger partial charge in [0.1, 0.15) is 0 Å². The van der Waals surface area contributed by atoms with E-state index >= 15 is 0 Å². The molecule has 0 fully saturated rings. The van der Waals surface area contributed by atoms with Crippen molar-refractivity contribution >= 4 is 5.78 Å². The summed E-state index contributed by atoms with van der Waals surface area (Å²) in [6.45, 7) is 8.83. The second-order valence-corrected chi connectivity index (χ2v) is 5.95. The van der Waals surface area contributed by atoms with Crippen molar-refractivity contribution < 1.29 is 4.79 Å². The lowest BCUT2D eigenvalue weighted by Gasteiger charge is -2.43. The van der Waals surface area contributed by atoms with Gasteiger partial charge < -0.3 is 0 Å². The zero-order valence-electron chi connectivity index (χ0n) is 13.6. The van der Waals surface area contributed by atoms with Gasteiger partial charge >= 0.3 is 0 Å². The first-order valence-corrected chi connectivity index (χ1v) is 8.08. The predicted octanol–water partition coefficient (Wildman–Crippen LogP) is 5.59. The molecule has 0 saturated heterocycles. The lowest BCUT2D eigenvalue weighted by Crippen LogP contribution is -2.38. The maximum atomic E-state index is 13.0. The molecule has 2 rings (SSSR count). The van der Waals surface area contributed by atoms with Crippen LogP contribution in [0.3, 0.4) is 0 Å². The third-order valence-corrected chi connectivity index (χ3v) is 5.17. The third kappa shape index (κ3) is 2.62. The van der Waals surface area contributed by atoms with Gasteiger partial charge in [0.05, 0.1) is 0 Å². The number of carbonyl (C=O) groups is 1. The highest BCUT2D eigenvalue weighted by Crippen LogP contribution is 2.49. The highest BCUT2D eigenvalue weighted by atomic mass is 16.1. The van der Waals surface area contributed by atoms with Crippen LogP contribution in [0.5, 0.6) is 0 Å². The van der Waals surface area contributed by atoms with Crippen LogP contribution >= 0.6 is 0 Å². The van der Waals surface area contributed by atoms with Crippen molar-refractivity contribution in [3.8, 4) is 0 Å². The minimum absolute atomic E-state index is 0.0134. The largest absolute Gasteiger partial charge is 0.293 e. The molecule has 1 heteroatoms. The van der Waals surface area contributed by atoms with E-state index in [1.54, 1.807) is 0 Å². The first-order valence-electron chi connectivity index (χ1n) is 8.08. The van der Waals surface area contributed by atoms with Crippen molar-refractivity contribution in [1.82, 2.24) is 0 Å². The van der Waals surface area contributed by atoms with Gasteiger partial charge in [-0.25, -0.2) is 0 Å². The summed E-state index contributed by atoms with van der Waals surface area (Å²) in [6, 6.07) is 9.72. The standard InChI is InChI=1S/C20H26O/c1-5-17-15(4)13-14-18(20(17,6-2)7-3)19(21)16-11-9-8-10-12-16/h8-14,18H,5-7H2,1-4H3. The number of hydrogen-bond acceptors (Lipinski definition) is 1. The summed E-state index contributed by atoms with van der Waals surface area (Å²) >= 11 is 0. The highest BCUT2D eigenvalue weighted by molar-refractivity contribution is 6.00. The van der Waals surface area contributed by atoms with Crippen LogP contribution in [0.1, 0.15) is 57.3 Å². The van der Waals surface area contributed by atoms with Crippen molar-refractivity contribution in [2.75, 3.05) is 0 Å². The van der Waals surface area contributed by atoms with Crippen molar-refractivity contribution in [1.29, 1.82) is 0 Å². The number of hydrogen-bond donors (Lipinski definition) is 0. The Morgan fingerprint density at radius 1 is 1.10 bits per heavy atom. The Morgan fingerprint density at radius 3 is 2.24 bits per heavy atom. The van der Waals surface area contributed by atoms with Crippen LogP contribution < -0.4 is 0 Å². The molecule has 0 spiro atoms. The molecule has 1 aromatic rings. The quantitative estimate of drug-likeness (QED) is 0.643. The Kier molecular flexibility index (Phi) is 4.82. The molecular formula is C20H26O. The average molecular weight is 282 g/mol.